The summed E-state index contributed by atoms with van der Waals surface area (Å²) in [6.45, 7) is 1.65. The number of benzene rings is 2. The highest BCUT2D eigenvalue weighted by atomic mass is 19.1. The van der Waals surface area contributed by atoms with Gasteiger partial charge in [-0.1, -0.05) is 12.1 Å². The summed E-state index contributed by atoms with van der Waals surface area (Å²) in [5.74, 6) is 0.0560. The summed E-state index contributed by atoms with van der Waals surface area (Å²) in [6, 6.07) is 12.4. The molecule has 0 heterocycles. The van der Waals surface area contributed by atoms with Gasteiger partial charge in [0.1, 0.15) is 11.6 Å². The smallest absolute Gasteiger partial charge is 0.315 e. The summed E-state index contributed by atoms with van der Waals surface area (Å²) in [5.41, 5.74) is 1.37. The van der Waals surface area contributed by atoms with E-state index >= 15 is 0 Å². The number of halogens is 1. The molecule has 0 aliphatic carbocycles. The zero-order valence-electron chi connectivity index (χ0n) is 16.7. The van der Waals surface area contributed by atoms with Gasteiger partial charge < -0.3 is 25.6 Å². The quantitative estimate of drug-likeness (QED) is 0.534. The van der Waals surface area contributed by atoms with Crippen LogP contribution in [0.15, 0.2) is 48.5 Å². The van der Waals surface area contributed by atoms with Crippen LogP contribution in [0.2, 0.25) is 0 Å². The van der Waals surface area contributed by atoms with Crippen molar-refractivity contribution in [1.29, 1.82) is 0 Å². The van der Waals surface area contributed by atoms with Gasteiger partial charge in [-0.2, -0.15) is 0 Å². The lowest BCUT2D eigenvalue weighted by atomic mass is 10.2. The number of anilines is 1. The topological polar surface area (TPSA) is 82.7 Å². The van der Waals surface area contributed by atoms with Crippen LogP contribution in [0.1, 0.15) is 12.0 Å². The Morgan fingerprint density at radius 2 is 1.69 bits per heavy atom. The van der Waals surface area contributed by atoms with Gasteiger partial charge >= 0.3 is 6.03 Å². The van der Waals surface area contributed by atoms with Gasteiger partial charge in [0.05, 0.1) is 13.2 Å². The highest BCUT2D eigenvalue weighted by Gasteiger charge is 2.06. The Morgan fingerprint density at radius 3 is 2.34 bits per heavy atom. The number of carbonyl (C=O) groups excluding carboxylic acids is 2. The Bertz CT molecular complexity index is 780. The maximum absolute atomic E-state index is 12.8. The van der Waals surface area contributed by atoms with E-state index in [-0.39, 0.29) is 24.8 Å². The third kappa shape index (κ3) is 9.07. The third-order valence-electron chi connectivity index (χ3n) is 3.93. The third-order valence-corrected chi connectivity index (χ3v) is 3.93. The number of ether oxygens (including phenoxy) is 1. The van der Waals surface area contributed by atoms with Crippen LogP contribution in [0.3, 0.4) is 0 Å². The monoisotopic (exact) mass is 402 g/mol. The van der Waals surface area contributed by atoms with E-state index in [2.05, 4.69) is 20.9 Å². The van der Waals surface area contributed by atoms with Crippen molar-refractivity contribution in [2.24, 2.45) is 0 Å². The van der Waals surface area contributed by atoms with Crippen molar-refractivity contribution >= 4 is 17.6 Å². The number of nitrogens with zero attached hydrogens (tertiary/aromatic N) is 1. The van der Waals surface area contributed by atoms with Crippen molar-refractivity contribution in [3.8, 4) is 5.75 Å². The molecule has 0 saturated carbocycles. The second-order valence-electron chi connectivity index (χ2n) is 6.74. The minimum Gasteiger partial charge on any atom is -0.494 e. The van der Waals surface area contributed by atoms with Gasteiger partial charge in [-0.05, 0) is 62.5 Å². The van der Waals surface area contributed by atoms with Crippen molar-refractivity contribution in [3.63, 3.8) is 0 Å². The van der Waals surface area contributed by atoms with Gasteiger partial charge in [0.2, 0.25) is 5.91 Å². The molecule has 3 amide bonds. The lowest BCUT2D eigenvalue weighted by Crippen LogP contribution is -2.39. The Balaban J connectivity index is 1.65. The molecule has 0 aliphatic rings. The molecule has 3 N–H and O–H groups in total. The van der Waals surface area contributed by atoms with Gasteiger partial charge in [-0.3, -0.25) is 4.79 Å². The van der Waals surface area contributed by atoms with E-state index in [0.29, 0.717) is 12.3 Å². The first-order valence-corrected chi connectivity index (χ1v) is 9.36. The fourth-order valence-electron chi connectivity index (χ4n) is 2.42. The van der Waals surface area contributed by atoms with Crippen LogP contribution >= 0.6 is 0 Å². The van der Waals surface area contributed by atoms with Crippen molar-refractivity contribution < 1.29 is 18.7 Å². The summed E-state index contributed by atoms with van der Waals surface area (Å²) < 4.78 is 18.5. The van der Waals surface area contributed by atoms with Crippen molar-refractivity contribution in [3.05, 3.63) is 59.9 Å². The molecule has 29 heavy (non-hydrogen) atoms. The van der Waals surface area contributed by atoms with Gasteiger partial charge in [0.25, 0.3) is 0 Å². The normalized spacial score (nSPS) is 10.5. The predicted molar refractivity (Wildman–Crippen MR) is 110 cm³/mol. The molecule has 0 unspecified atom stereocenters. The Kier molecular flexibility index (Phi) is 8.91. The van der Waals surface area contributed by atoms with Crippen molar-refractivity contribution in [2.75, 3.05) is 39.1 Å². The molecule has 2 rings (SSSR count). The Morgan fingerprint density at radius 1 is 1.00 bits per heavy atom. The predicted octanol–water partition coefficient (Wildman–Crippen LogP) is 2.59. The van der Waals surface area contributed by atoms with Gasteiger partial charge in [0.15, 0.2) is 0 Å². The second-order valence-corrected chi connectivity index (χ2v) is 6.74. The molecule has 2 aromatic carbocycles. The maximum atomic E-state index is 12.8. The summed E-state index contributed by atoms with van der Waals surface area (Å²) in [4.78, 5) is 25.8. The molecule has 8 heteroatoms. The van der Waals surface area contributed by atoms with Crippen LogP contribution in [0, 0.1) is 5.82 Å². The van der Waals surface area contributed by atoms with Gasteiger partial charge in [-0.15, -0.1) is 0 Å². The largest absolute Gasteiger partial charge is 0.494 e. The lowest BCUT2D eigenvalue weighted by Gasteiger charge is -2.11. The highest BCUT2D eigenvalue weighted by molar-refractivity contribution is 5.94. The van der Waals surface area contributed by atoms with Crippen LogP contribution < -0.4 is 20.7 Å². The average Bonchev–Trinajstić information content (AvgIpc) is 2.70. The number of hydrogen-bond acceptors (Lipinski definition) is 4. The first-order chi connectivity index (χ1) is 13.9. The lowest BCUT2D eigenvalue weighted by molar-refractivity contribution is -0.115. The molecule has 0 fully saturated rings. The minimum atomic E-state index is -0.481. The summed E-state index contributed by atoms with van der Waals surface area (Å²) >= 11 is 0. The van der Waals surface area contributed by atoms with E-state index in [4.69, 9.17) is 4.74 Å². The average molecular weight is 402 g/mol. The number of hydrogen-bond donors (Lipinski definition) is 3. The number of carbonyl (C=O) groups is 2. The molecular weight excluding hydrogens is 375 g/mol. The van der Waals surface area contributed by atoms with Gasteiger partial charge in [0, 0.05) is 18.8 Å². The van der Waals surface area contributed by atoms with Crippen LogP contribution in [-0.4, -0.2) is 50.6 Å². The molecule has 156 valence electrons. The SMILES string of the molecule is CN(C)CCCOc1ccc(NC(=O)CNC(=O)NCc2ccc(F)cc2)cc1. The number of urea groups is 1. The van der Waals surface area contributed by atoms with E-state index in [0.717, 1.165) is 24.3 Å². The van der Waals surface area contributed by atoms with Crippen LogP contribution in [0.5, 0.6) is 5.75 Å². The zero-order valence-corrected chi connectivity index (χ0v) is 16.7. The van der Waals surface area contributed by atoms with E-state index < -0.39 is 6.03 Å². The fraction of sp³-hybridized carbons (Fsp3) is 0.333. The number of nitrogens with one attached hydrogen (secondary N) is 3. The number of amides is 3. The standard InChI is InChI=1S/C21H27FN4O3/c1-26(2)12-3-13-29-19-10-8-18(9-11-19)25-20(27)15-24-21(28)23-14-16-4-6-17(22)7-5-16/h4-11H,3,12-15H2,1-2H3,(H,25,27)(H2,23,24,28). The fourth-order valence-corrected chi connectivity index (χ4v) is 2.42. The molecule has 0 aliphatic heterocycles. The summed E-state index contributed by atoms with van der Waals surface area (Å²) in [7, 11) is 4.03. The molecule has 0 saturated heterocycles. The Hall–Kier alpha value is -3.13. The van der Waals surface area contributed by atoms with E-state index in [9.17, 15) is 14.0 Å². The molecule has 7 nitrogen and oxygen atoms in total. The molecule has 0 bridgehead atoms. The molecule has 2 aromatic rings. The van der Waals surface area contributed by atoms with Crippen LogP contribution in [-0.2, 0) is 11.3 Å². The Labute approximate surface area is 170 Å². The van der Waals surface area contributed by atoms with Crippen LogP contribution in [0.4, 0.5) is 14.9 Å². The first kappa shape index (κ1) is 22.2. The van der Waals surface area contributed by atoms with E-state index in [1.807, 2.05) is 14.1 Å². The van der Waals surface area contributed by atoms with Crippen molar-refractivity contribution in [2.45, 2.75) is 13.0 Å². The zero-order chi connectivity index (χ0) is 21.1. The second kappa shape index (κ2) is 11.7. The molecular formula is C21H27FN4O3. The van der Waals surface area contributed by atoms with E-state index in [1.54, 1.807) is 36.4 Å². The highest BCUT2D eigenvalue weighted by Crippen LogP contribution is 2.15. The van der Waals surface area contributed by atoms with Gasteiger partial charge in [-0.25, -0.2) is 9.18 Å². The van der Waals surface area contributed by atoms with E-state index in [1.165, 1.54) is 12.1 Å². The minimum absolute atomic E-state index is 0.169. The first-order valence-electron chi connectivity index (χ1n) is 9.36. The summed E-state index contributed by atoms with van der Waals surface area (Å²) in [6.07, 6.45) is 0.931. The molecule has 0 aromatic heterocycles. The molecule has 0 radical (unpaired) electrons. The molecule has 0 spiro atoms. The number of rotatable bonds is 10. The van der Waals surface area contributed by atoms with Crippen molar-refractivity contribution in [1.82, 2.24) is 15.5 Å². The van der Waals surface area contributed by atoms with Crippen LogP contribution in [0.25, 0.3) is 0 Å². The molecule has 0 atom stereocenters. The summed E-state index contributed by atoms with van der Waals surface area (Å²) in [5, 5.41) is 7.78. The maximum Gasteiger partial charge on any atom is 0.315 e.